The number of benzene rings is 5. The zero-order valence-corrected chi connectivity index (χ0v) is 24.9. The predicted octanol–water partition coefficient (Wildman–Crippen LogP) is 8.36. The van der Waals surface area contributed by atoms with Crippen molar-refractivity contribution in [2.75, 3.05) is 9.80 Å². The Morgan fingerprint density at radius 2 is 0.854 bits per heavy atom. The van der Waals surface area contributed by atoms with Crippen LogP contribution in [0.2, 0.25) is 0 Å². The van der Waals surface area contributed by atoms with E-state index < -0.39 is 0 Å². The molecular formula is C38H37BN2. The van der Waals surface area contributed by atoms with Gasteiger partial charge in [0, 0.05) is 34.1 Å². The Morgan fingerprint density at radius 1 is 0.439 bits per heavy atom. The maximum Gasteiger partial charge on any atom is 0.252 e. The Hall–Kier alpha value is -4.24. The molecule has 202 valence electrons. The first-order valence-corrected chi connectivity index (χ1v) is 14.7. The molecule has 2 nitrogen and oxygen atoms in total. The third kappa shape index (κ3) is 4.10. The van der Waals surface area contributed by atoms with Crippen molar-refractivity contribution in [1.29, 1.82) is 0 Å². The molecule has 0 amide bonds. The van der Waals surface area contributed by atoms with Gasteiger partial charge in [-0.25, -0.2) is 0 Å². The number of fused-ring (bicyclic) bond motifs is 4. The van der Waals surface area contributed by atoms with Crippen LogP contribution in [0.1, 0.15) is 52.7 Å². The normalized spacial score (nSPS) is 14.0. The van der Waals surface area contributed by atoms with Gasteiger partial charge in [0.05, 0.1) is 0 Å². The van der Waals surface area contributed by atoms with E-state index in [0.717, 1.165) is 0 Å². The van der Waals surface area contributed by atoms with E-state index >= 15 is 0 Å². The van der Waals surface area contributed by atoms with Gasteiger partial charge in [0.1, 0.15) is 0 Å². The van der Waals surface area contributed by atoms with Gasteiger partial charge in [-0.15, -0.1) is 0 Å². The standard InChI is InChI=1S/C38H37BN2/c1-37(2,3)26-20-22-32-30(24-26)39-31-25-27(38(4,5)6)21-23-33(31)41(29-16-11-8-12-17-29)35-19-13-18-34(36(35)39)40(32)28-14-9-7-10-15-28/h7-25H,1-6H3. The van der Waals surface area contributed by atoms with Crippen molar-refractivity contribution in [2.24, 2.45) is 0 Å². The number of hydrogen-bond acceptors (Lipinski definition) is 2. The van der Waals surface area contributed by atoms with Crippen molar-refractivity contribution in [1.82, 2.24) is 0 Å². The van der Waals surface area contributed by atoms with E-state index in [1.165, 1.54) is 61.6 Å². The summed E-state index contributed by atoms with van der Waals surface area (Å²) in [5.74, 6) is 0. The van der Waals surface area contributed by atoms with Gasteiger partial charge in [0.25, 0.3) is 6.71 Å². The van der Waals surface area contributed by atoms with Crippen molar-refractivity contribution in [3.05, 3.63) is 126 Å². The van der Waals surface area contributed by atoms with E-state index in [2.05, 4.69) is 167 Å². The van der Waals surface area contributed by atoms with Crippen molar-refractivity contribution in [3.8, 4) is 0 Å². The molecule has 0 saturated heterocycles. The Kier molecular flexibility index (Phi) is 5.73. The second-order valence-corrected chi connectivity index (χ2v) is 13.5. The van der Waals surface area contributed by atoms with Crippen LogP contribution in [-0.2, 0) is 10.8 Å². The van der Waals surface area contributed by atoms with E-state index in [0.29, 0.717) is 0 Å². The summed E-state index contributed by atoms with van der Waals surface area (Å²) in [6.07, 6.45) is 0. The fraction of sp³-hybridized carbons (Fsp3) is 0.211. The molecule has 0 N–H and O–H groups in total. The third-order valence-corrected chi connectivity index (χ3v) is 8.75. The summed E-state index contributed by atoms with van der Waals surface area (Å²) in [6, 6.07) is 42.8. The average Bonchev–Trinajstić information content (AvgIpc) is 2.96. The molecule has 2 aliphatic rings. The van der Waals surface area contributed by atoms with Gasteiger partial charge in [-0.1, -0.05) is 108 Å². The van der Waals surface area contributed by atoms with Gasteiger partial charge < -0.3 is 9.80 Å². The van der Waals surface area contributed by atoms with E-state index in [1.807, 2.05) is 0 Å². The minimum Gasteiger partial charge on any atom is -0.311 e. The van der Waals surface area contributed by atoms with Crippen LogP contribution < -0.4 is 26.2 Å². The predicted molar refractivity (Wildman–Crippen MR) is 178 cm³/mol. The minimum absolute atomic E-state index is 0.0488. The van der Waals surface area contributed by atoms with E-state index in [9.17, 15) is 0 Å². The van der Waals surface area contributed by atoms with E-state index in [1.54, 1.807) is 0 Å². The summed E-state index contributed by atoms with van der Waals surface area (Å²) in [6.45, 7) is 14.0. The molecule has 0 radical (unpaired) electrons. The van der Waals surface area contributed by atoms with Crippen molar-refractivity contribution < 1.29 is 0 Å². The zero-order valence-electron chi connectivity index (χ0n) is 24.9. The van der Waals surface area contributed by atoms with Crippen LogP contribution in [-0.4, -0.2) is 6.71 Å². The summed E-state index contributed by atoms with van der Waals surface area (Å²) >= 11 is 0. The number of nitrogens with zero attached hydrogens (tertiary/aromatic N) is 2. The lowest BCUT2D eigenvalue weighted by Crippen LogP contribution is -2.61. The molecule has 2 heterocycles. The number of para-hydroxylation sites is 2. The quantitative estimate of drug-likeness (QED) is 0.207. The first-order valence-electron chi connectivity index (χ1n) is 14.7. The van der Waals surface area contributed by atoms with Crippen molar-refractivity contribution >= 4 is 57.2 Å². The Morgan fingerprint density at radius 3 is 1.24 bits per heavy atom. The van der Waals surface area contributed by atoms with Crippen molar-refractivity contribution in [3.63, 3.8) is 0 Å². The maximum absolute atomic E-state index is 2.49. The van der Waals surface area contributed by atoms with Gasteiger partial charge in [-0.3, -0.25) is 0 Å². The second-order valence-electron chi connectivity index (χ2n) is 13.5. The molecule has 0 unspecified atom stereocenters. The summed E-state index contributed by atoms with van der Waals surface area (Å²) in [5, 5.41) is 0. The van der Waals surface area contributed by atoms with Crippen LogP contribution in [0.4, 0.5) is 34.1 Å². The van der Waals surface area contributed by atoms with Crippen LogP contribution in [0, 0.1) is 0 Å². The Balaban J connectivity index is 1.60. The largest absolute Gasteiger partial charge is 0.311 e. The highest BCUT2D eigenvalue weighted by atomic mass is 15.2. The molecule has 7 rings (SSSR count). The molecule has 0 saturated carbocycles. The van der Waals surface area contributed by atoms with Gasteiger partial charge in [-0.05, 0) is 86.9 Å². The highest BCUT2D eigenvalue weighted by Crippen LogP contribution is 2.44. The average molecular weight is 533 g/mol. The molecule has 3 heteroatoms. The summed E-state index contributed by atoms with van der Waals surface area (Å²) in [5.41, 5.74) is 14.4. The van der Waals surface area contributed by atoms with Crippen LogP contribution in [0.5, 0.6) is 0 Å². The fourth-order valence-corrected chi connectivity index (χ4v) is 6.59. The van der Waals surface area contributed by atoms with Crippen LogP contribution in [0.3, 0.4) is 0 Å². The van der Waals surface area contributed by atoms with E-state index in [4.69, 9.17) is 0 Å². The topological polar surface area (TPSA) is 6.48 Å². The lowest BCUT2D eigenvalue weighted by molar-refractivity contribution is 0.590. The lowest BCUT2D eigenvalue weighted by atomic mass is 9.33. The van der Waals surface area contributed by atoms with Gasteiger partial charge in [-0.2, -0.15) is 0 Å². The van der Waals surface area contributed by atoms with Gasteiger partial charge in [0.15, 0.2) is 0 Å². The number of anilines is 6. The molecule has 0 bridgehead atoms. The molecule has 5 aromatic carbocycles. The lowest BCUT2D eigenvalue weighted by Gasteiger charge is -2.44. The Bertz CT molecular complexity index is 1630. The first kappa shape index (κ1) is 25.7. The van der Waals surface area contributed by atoms with Crippen LogP contribution >= 0.6 is 0 Å². The smallest absolute Gasteiger partial charge is 0.252 e. The van der Waals surface area contributed by atoms with E-state index in [-0.39, 0.29) is 17.5 Å². The molecule has 2 aliphatic heterocycles. The summed E-state index contributed by atoms with van der Waals surface area (Å²) < 4.78 is 0. The number of rotatable bonds is 2. The van der Waals surface area contributed by atoms with Gasteiger partial charge in [0.2, 0.25) is 0 Å². The van der Waals surface area contributed by atoms with Gasteiger partial charge >= 0.3 is 0 Å². The maximum atomic E-state index is 2.49. The Labute approximate surface area is 245 Å². The second kappa shape index (κ2) is 9.14. The summed E-state index contributed by atoms with van der Waals surface area (Å²) in [4.78, 5) is 4.94. The molecule has 0 atom stereocenters. The monoisotopic (exact) mass is 532 g/mol. The third-order valence-electron chi connectivity index (χ3n) is 8.75. The number of hydrogen-bond donors (Lipinski definition) is 0. The molecule has 41 heavy (non-hydrogen) atoms. The molecule has 5 aromatic rings. The minimum atomic E-state index is 0.0488. The molecule has 0 aliphatic carbocycles. The molecule has 0 aromatic heterocycles. The summed E-state index contributed by atoms with van der Waals surface area (Å²) in [7, 11) is 0. The first-order chi connectivity index (χ1) is 19.6. The molecule has 0 spiro atoms. The molecule has 0 fully saturated rings. The molecular weight excluding hydrogens is 495 g/mol. The highest BCUT2D eigenvalue weighted by molar-refractivity contribution is 7.00. The van der Waals surface area contributed by atoms with Crippen molar-refractivity contribution in [2.45, 2.75) is 52.4 Å². The van der Waals surface area contributed by atoms with Crippen LogP contribution in [0.25, 0.3) is 0 Å². The SMILES string of the molecule is CC(C)(C)c1ccc2c(c1)B1c3cc(C(C)(C)C)ccc3N(c3ccccc3)c3cccc(c31)N2c1ccccc1. The zero-order chi connectivity index (χ0) is 28.5. The fourth-order valence-electron chi connectivity index (χ4n) is 6.59. The highest BCUT2D eigenvalue weighted by Gasteiger charge is 2.43. The van der Waals surface area contributed by atoms with Crippen LogP contribution in [0.15, 0.2) is 115 Å².